The van der Waals surface area contributed by atoms with Crippen LogP contribution in [0, 0.1) is 28.2 Å². The first-order chi connectivity index (χ1) is 9.92. The monoisotopic (exact) mass is 401 g/mol. The van der Waals surface area contributed by atoms with Gasteiger partial charge in [0.05, 0.1) is 11.8 Å². The van der Waals surface area contributed by atoms with E-state index in [0.717, 1.165) is 21.2 Å². The molecule has 1 amide bonds. The summed E-state index contributed by atoms with van der Waals surface area (Å²) in [6.07, 6.45) is 2.20. The number of benzene rings is 1. The zero-order chi connectivity index (χ0) is 15.6. The van der Waals surface area contributed by atoms with E-state index in [4.69, 9.17) is 0 Å². The van der Waals surface area contributed by atoms with E-state index in [0.29, 0.717) is 18.8 Å². The first-order valence-corrected chi connectivity index (χ1v) is 8.30. The summed E-state index contributed by atoms with van der Waals surface area (Å²) in [4.78, 5) is 23.8. The van der Waals surface area contributed by atoms with Gasteiger partial charge in [0.1, 0.15) is 0 Å². The third kappa shape index (κ3) is 3.75. The summed E-state index contributed by atoms with van der Waals surface area (Å²) in [7, 11) is 0. The van der Waals surface area contributed by atoms with E-state index in [2.05, 4.69) is 27.9 Å². The Morgan fingerprint density at radius 2 is 2.00 bits per heavy atom. The minimum Gasteiger partial charge on any atom is -0.481 e. The van der Waals surface area contributed by atoms with Crippen LogP contribution in [0.4, 0.5) is 5.69 Å². The molecule has 1 fully saturated rings. The highest BCUT2D eigenvalue weighted by Crippen LogP contribution is 2.39. The van der Waals surface area contributed by atoms with Crippen molar-refractivity contribution in [3.05, 3.63) is 27.3 Å². The molecule has 1 aliphatic carbocycles. The minimum absolute atomic E-state index is 0.169. The first-order valence-electron chi connectivity index (χ1n) is 7.22. The lowest BCUT2D eigenvalue weighted by atomic mass is 9.95. The van der Waals surface area contributed by atoms with Gasteiger partial charge in [-0.1, -0.05) is 19.4 Å². The first kappa shape index (κ1) is 16.3. The third-order valence-electron chi connectivity index (χ3n) is 4.33. The molecule has 0 aliphatic heterocycles. The predicted octanol–water partition coefficient (Wildman–Crippen LogP) is 3.68. The van der Waals surface area contributed by atoms with Gasteiger partial charge in [-0.25, -0.2) is 0 Å². The Kier molecular flexibility index (Phi) is 5.24. The molecule has 1 aromatic rings. The second-order valence-corrected chi connectivity index (χ2v) is 6.91. The Labute approximate surface area is 138 Å². The molecule has 0 bridgehead atoms. The number of carboxylic acids is 1. The van der Waals surface area contributed by atoms with Crippen LogP contribution in [0.15, 0.2) is 18.2 Å². The fraction of sp³-hybridized carbons (Fsp3) is 0.500. The van der Waals surface area contributed by atoms with Crippen LogP contribution in [0.1, 0.15) is 31.7 Å². The average molecular weight is 401 g/mol. The average Bonchev–Trinajstić information content (AvgIpc) is 2.87. The molecule has 1 saturated carbocycles. The van der Waals surface area contributed by atoms with Crippen molar-refractivity contribution in [2.75, 3.05) is 5.32 Å². The van der Waals surface area contributed by atoms with Gasteiger partial charge >= 0.3 is 5.97 Å². The zero-order valence-corrected chi connectivity index (χ0v) is 14.4. The summed E-state index contributed by atoms with van der Waals surface area (Å²) in [5.74, 6) is -1.67. The van der Waals surface area contributed by atoms with Gasteiger partial charge in [0, 0.05) is 9.26 Å². The second kappa shape index (κ2) is 6.77. The molecule has 2 rings (SSSR count). The number of carboxylic acid groups (broad SMARTS) is 1. The molecule has 4 nitrogen and oxygen atoms in total. The second-order valence-electron chi connectivity index (χ2n) is 5.75. The number of aliphatic carboxylic acids is 1. The fourth-order valence-corrected chi connectivity index (χ4v) is 3.46. The normalized spacial score (nSPS) is 24.8. The molecule has 3 unspecified atom stereocenters. The molecule has 2 N–H and O–H groups in total. The van der Waals surface area contributed by atoms with Gasteiger partial charge in [-0.15, -0.1) is 0 Å². The van der Waals surface area contributed by atoms with Crippen molar-refractivity contribution in [3.63, 3.8) is 0 Å². The Morgan fingerprint density at radius 3 is 2.57 bits per heavy atom. The lowest BCUT2D eigenvalue weighted by Crippen LogP contribution is -2.30. The Morgan fingerprint density at radius 1 is 1.33 bits per heavy atom. The minimum atomic E-state index is -0.857. The van der Waals surface area contributed by atoms with E-state index >= 15 is 0 Å². The van der Waals surface area contributed by atoms with E-state index in [1.54, 1.807) is 0 Å². The molecular weight excluding hydrogens is 381 g/mol. The van der Waals surface area contributed by atoms with E-state index in [-0.39, 0.29) is 5.91 Å². The van der Waals surface area contributed by atoms with Crippen LogP contribution in [0.5, 0.6) is 0 Å². The molecule has 1 aliphatic rings. The zero-order valence-electron chi connectivity index (χ0n) is 12.2. The molecule has 114 valence electrons. The van der Waals surface area contributed by atoms with Crippen molar-refractivity contribution < 1.29 is 14.7 Å². The summed E-state index contributed by atoms with van der Waals surface area (Å²) in [5, 5.41) is 12.2. The van der Waals surface area contributed by atoms with Gasteiger partial charge < -0.3 is 10.4 Å². The topological polar surface area (TPSA) is 66.4 Å². The number of nitrogens with one attached hydrogen (secondary N) is 1. The number of rotatable bonds is 4. The largest absolute Gasteiger partial charge is 0.481 e. The maximum atomic E-state index is 12.4. The number of carbonyl (C=O) groups is 2. The van der Waals surface area contributed by atoms with E-state index in [1.165, 1.54) is 0 Å². The van der Waals surface area contributed by atoms with E-state index in [1.807, 2.05) is 32.0 Å². The number of hydrogen-bond acceptors (Lipinski definition) is 2. The number of amides is 1. The summed E-state index contributed by atoms with van der Waals surface area (Å²) in [6, 6.07) is 5.73. The number of anilines is 1. The van der Waals surface area contributed by atoms with Crippen LogP contribution in [-0.2, 0) is 9.59 Å². The van der Waals surface area contributed by atoms with E-state index in [9.17, 15) is 14.7 Å². The SMILES string of the molecule is CCC1CC(C(=O)O)C(C(=O)Nc2ccc(C)c(I)c2)C1. The van der Waals surface area contributed by atoms with Gasteiger partial charge in [0.2, 0.25) is 5.91 Å². The summed E-state index contributed by atoms with van der Waals surface area (Å²) < 4.78 is 1.08. The van der Waals surface area contributed by atoms with Crippen molar-refractivity contribution in [2.24, 2.45) is 17.8 Å². The van der Waals surface area contributed by atoms with Crippen molar-refractivity contribution in [1.29, 1.82) is 0 Å². The van der Waals surface area contributed by atoms with Gasteiger partial charge in [0.25, 0.3) is 0 Å². The molecule has 21 heavy (non-hydrogen) atoms. The molecule has 0 saturated heterocycles. The van der Waals surface area contributed by atoms with Crippen LogP contribution in [0.25, 0.3) is 0 Å². The fourth-order valence-electron chi connectivity index (χ4n) is 2.94. The van der Waals surface area contributed by atoms with Crippen molar-refractivity contribution in [3.8, 4) is 0 Å². The predicted molar refractivity (Wildman–Crippen MR) is 90.2 cm³/mol. The lowest BCUT2D eigenvalue weighted by molar-refractivity contribution is -0.145. The van der Waals surface area contributed by atoms with E-state index < -0.39 is 17.8 Å². The Hall–Kier alpha value is -1.11. The summed E-state index contributed by atoms with van der Waals surface area (Å²) in [6.45, 7) is 4.06. The van der Waals surface area contributed by atoms with Crippen LogP contribution < -0.4 is 5.32 Å². The number of hydrogen-bond donors (Lipinski definition) is 2. The molecule has 0 spiro atoms. The van der Waals surface area contributed by atoms with Gasteiger partial charge in [-0.05, 0) is 66.0 Å². The maximum absolute atomic E-state index is 12.4. The molecule has 0 radical (unpaired) electrons. The highest BCUT2D eigenvalue weighted by Gasteiger charge is 2.42. The molecule has 1 aromatic carbocycles. The van der Waals surface area contributed by atoms with Crippen LogP contribution >= 0.6 is 22.6 Å². The Balaban J connectivity index is 2.11. The van der Waals surface area contributed by atoms with Crippen LogP contribution in [0.2, 0.25) is 0 Å². The third-order valence-corrected chi connectivity index (χ3v) is 5.49. The lowest BCUT2D eigenvalue weighted by Gasteiger charge is -2.16. The van der Waals surface area contributed by atoms with Crippen molar-refractivity contribution in [1.82, 2.24) is 0 Å². The standard InChI is InChI=1S/C16H20INO3/c1-3-10-6-12(13(7-10)16(20)21)15(19)18-11-5-4-9(2)14(17)8-11/h4-5,8,10,12-13H,3,6-7H2,1-2H3,(H,18,19)(H,20,21). The number of carbonyl (C=O) groups excluding carboxylic acids is 1. The summed E-state index contributed by atoms with van der Waals surface area (Å²) >= 11 is 2.22. The Bertz CT molecular complexity index is 558. The maximum Gasteiger partial charge on any atom is 0.307 e. The molecule has 0 aromatic heterocycles. The number of halogens is 1. The molecule has 0 heterocycles. The highest BCUT2D eigenvalue weighted by atomic mass is 127. The van der Waals surface area contributed by atoms with Gasteiger partial charge in [0.15, 0.2) is 0 Å². The summed E-state index contributed by atoms with van der Waals surface area (Å²) in [5.41, 5.74) is 1.89. The highest BCUT2D eigenvalue weighted by molar-refractivity contribution is 14.1. The van der Waals surface area contributed by atoms with Crippen LogP contribution in [0.3, 0.4) is 0 Å². The van der Waals surface area contributed by atoms with Crippen LogP contribution in [-0.4, -0.2) is 17.0 Å². The molecule has 3 atom stereocenters. The van der Waals surface area contributed by atoms with Crippen molar-refractivity contribution in [2.45, 2.75) is 33.1 Å². The van der Waals surface area contributed by atoms with Gasteiger partial charge in [-0.3, -0.25) is 9.59 Å². The van der Waals surface area contributed by atoms with Crippen molar-refractivity contribution >= 4 is 40.2 Å². The quantitative estimate of drug-likeness (QED) is 0.757. The molecule has 5 heteroatoms. The number of aryl methyl sites for hydroxylation is 1. The smallest absolute Gasteiger partial charge is 0.307 e. The van der Waals surface area contributed by atoms with Gasteiger partial charge in [-0.2, -0.15) is 0 Å². The molecular formula is C16H20INO3.